The van der Waals surface area contributed by atoms with Crippen LogP contribution in [0.3, 0.4) is 0 Å². The topological polar surface area (TPSA) is 61.4 Å². The van der Waals surface area contributed by atoms with Crippen LogP contribution in [0.5, 0.6) is 0 Å². The van der Waals surface area contributed by atoms with Crippen molar-refractivity contribution in [1.29, 1.82) is 0 Å². The number of hydrogen-bond donors (Lipinski definition) is 3. The van der Waals surface area contributed by atoms with Crippen molar-refractivity contribution in [3.63, 3.8) is 0 Å². The third-order valence-corrected chi connectivity index (χ3v) is 3.11. The third-order valence-electron chi connectivity index (χ3n) is 3.11. The van der Waals surface area contributed by atoms with Crippen LogP contribution in [0.15, 0.2) is 60.7 Å². The Labute approximate surface area is 124 Å². The lowest BCUT2D eigenvalue weighted by Crippen LogP contribution is -2.39. The van der Waals surface area contributed by atoms with E-state index in [4.69, 9.17) is 0 Å². The minimum absolute atomic E-state index is 0.232. The number of hydrogen-bond acceptors (Lipinski definition) is 2. The van der Waals surface area contributed by atoms with Crippen LogP contribution in [0, 0.1) is 0 Å². The summed E-state index contributed by atoms with van der Waals surface area (Å²) in [5, 5.41) is 15.3. The predicted octanol–water partition coefficient (Wildman–Crippen LogP) is 2.09. The molecule has 21 heavy (non-hydrogen) atoms. The molecule has 2 rings (SSSR count). The highest BCUT2D eigenvalue weighted by Crippen LogP contribution is 2.02. The van der Waals surface area contributed by atoms with Gasteiger partial charge in [0.05, 0.1) is 6.10 Å². The monoisotopic (exact) mass is 284 g/mol. The Kier molecular flexibility index (Phi) is 5.79. The number of carbonyl (C=O) groups is 1. The summed E-state index contributed by atoms with van der Waals surface area (Å²) < 4.78 is 0. The van der Waals surface area contributed by atoms with Crippen LogP contribution in [-0.4, -0.2) is 23.8 Å². The van der Waals surface area contributed by atoms with Crippen LogP contribution in [0.4, 0.5) is 4.79 Å². The quantitative estimate of drug-likeness (QED) is 0.760. The Morgan fingerprint density at radius 3 is 2.10 bits per heavy atom. The molecule has 0 bridgehead atoms. The summed E-state index contributed by atoms with van der Waals surface area (Å²) in [7, 11) is 0. The van der Waals surface area contributed by atoms with E-state index < -0.39 is 6.10 Å². The molecule has 0 spiro atoms. The summed E-state index contributed by atoms with van der Waals surface area (Å²) in [4.78, 5) is 11.6. The number of rotatable bonds is 6. The average Bonchev–Trinajstić information content (AvgIpc) is 2.53. The van der Waals surface area contributed by atoms with Crippen molar-refractivity contribution in [2.24, 2.45) is 0 Å². The van der Waals surface area contributed by atoms with Gasteiger partial charge in [0.2, 0.25) is 0 Å². The molecule has 4 nitrogen and oxygen atoms in total. The molecule has 2 aromatic carbocycles. The second-order valence-electron chi connectivity index (χ2n) is 4.89. The van der Waals surface area contributed by atoms with Gasteiger partial charge in [-0.25, -0.2) is 4.79 Å². The van der Waals surface area contributed by atoms with Crippen molar-refractivity contribution in [1.82, 2.24) is 10.6 Å². The van der Waals surface area contributed by atoms with Crippen LogP contribution in [-0.2, 0) is 13.0 Å². The first kappa shape index (κ1) is 15.1. The van der Waals surface area contributed by atoms with E-state index in [1.165, 1.54) is 0 Å². The van der Waals surface area contributed by atoms with Crippen LogP contribution in [0.1, 0.15) is 11.1 Å². The SMILES string of the molecule is O=C(NCc1ccccc1)NC[C@@H](O)Cc1ccccc1. The molecule has 0 fully saturated rings. The summed E-state index contributed by atoms with van der Waals surface area (Å²) in [6.45, 7) is 0.705. The van der Waals surface area contributed by atoms with Gasteiger partial charge < -0.3 is 15.7 Å². The number of urea groups is 1. The van der Waals surface area contributed by atoms with E-state index in [-0.39, 0.29) is 12.6 Å². The lowest BCUT2D eigenvalue weighted by Gasteiger charge is -2.12. The van der Waals surface area contributed by atoms with E-state index in [0.29, 0.717) is 13.0 Å². The molecular formula is C17H20N2O2. The van der Waals surface area contributed by atoms with Gasteiger partial charge in [0.25, 0.3) is 0 Å². The van der Waals surface area contributed by atoms with Gasteiger partial charge in [-0.15, -0.1) is 0 Å². The van der Waals surface area contributed by atoms with Crippen LogP contribution < -0.4 is 10.6 Å². The zero-order chi connectivity index (χ0) is 14.9. The normalized spacial score (nSPS) is 11.7. The number of carbonyl (C=O) groups excluding carboxylic acids is 1. The number of amides is 2. The third kappa shape index (κ3) is 5.67. The molecule has 0 saturated carbocycles. The molecule has 0 saturated heterocycles. The average molecular weight is 284 g/mol. The molecule has 4 heteroatoms. The van der Waals surface area contributed by atoms with Crippen molar-refractivity contribution in [3.05, 3.63) is 71.8 Å². The van der Waals surface area contributed by atoms with Gasteiger partial charge >= 0.3 is 6.03 Å². The lowest BCUT2D eigenvalue weighted by molar-refractivity contribution is 0.170. The Morgan fingerprint density at radius 1 is 0.905 bits per heavy atom. The van der Waals surface area contributed by atoms with Gasteiger partial charge in [-0.1, -0.05) is 60.7 Å². The highest BCUT2D eigenvalue weighted by Gasteiger charge is 2.07. The Balaban J connectivity index is 1.66. The standard InChI is InChI=1S/C17H20N2O2/c20-16(11-14-7-3-1-4-8-14)13-19-17(21)18-12-15-9-5-2-6-10-15/h1-10,16,20H,11-13H2,(H2,18,19,21)/t16-/m0/s1. The van der Waals surface area contributed by atoms with Gasteiger partial charge in [0.15, 0.2) is 0 Å². The molecule has 1 atom stereocenters. The number of aliphatic hydroxyl groups excluding tert-OH is 1. The van der Waals surface area contributed by atoms with Crippen LogP contribution >= 0.6 is 0 Å². The molecule has 0 aliphatic rings. The summed E-state index contributed by atoms with van der Waals surface area (Å²) in [6, 6.07) is 19.1. The minimum atomic E-state index is -0.588. The number of nitrogens with one attached hydrogen (secondary N) is 2. The van der Waals surface area contributed by atoms with Gasteiger partial charge in [0, 0.05) is 19.5 Å². The molecule has 2 aromatic rings. The Bertz CT molecular complexity index is 543. The molecule has 0 unspecified atom stereocenters. The summed E-state index contributed by atoms with van der Waals surface area (Å²) >= 11 is 0. The first-order chi connectivity index (χ1) is 10.2. The maximum absolute atomic E-state index is 11.6. The van der Waals surface area contributed by atoms with Crippen molar-refractivity contribution in [2.75, 3.05) is 6.54 Å². The maximum Gasteiger partial charge on any atom is 0.315 e. The number of benzene rings is 2. The summed E-state index contributed by atoms with van der Waals surface area (Å²) in [5.41, 5.74) is 2.09. The van der Waals surface area contributed by atoms with Gasteiger partial charge in [-0.3, -0.25) is 0 Å². The smallest absolute Gasteiger partial charge is 0.315 e. The first-order valence-electron chi connectivity index (χ1n) is 7.01. The van der Waals surface area contributed by atoms with Gasteiger partial charge in [0.1, 0.15) is 0 Å². The van der Waals surface area contributed by atoms with Crippen molar-refractivity contribution in [2.45, 2.75) is 19.1 Å². The highest BCUT2D eigenvalue weighted by molar-refractivity contribution is 5.73. The summed E-state index contributed by atoms with van der Waals surface area (Å²) in [5.74, 6) is 0. The van der Waals surface area contributed by atoms with Gasteiger partial charge in [-0.05, 0) is 11.1 Å². The minimum Gasteiger partial charge on any atom is -0.391 e. The molecule has 0 aliphatic carbocycles. The van der Waals surface area contributed by atoms with E-state index in [0.717, 1.165) is 11.1 Å². The molecular weight excluding hydrogens is 264 g/mol. The molecule has 0 radical (unpaired) electrons. The van der Waals surface area contributed by atoms with Crippen molar-refractivity contribution >= 4 is 6.03 Å². The molecule has 110 valence electrons. The largest absolute Gasteiger partial charge is 0.391 e. The zero-order valence-electron chi connectivity index (χ0n) is 11.8. The van der Waals surface area contributed by atoms with Gasteiger partial charge in [-0.2, -0.15) is 0 Å². The van der Waals surface area contributed by atoms with E-state index in [9.17, 15) is 9.90 Å². The van der Waals surface area contributed by atoms with E-state index in [1.807, 2.05) is 60.7 Å². The summed E-state index contributed by atoms with van der Waals surface area (Å²) in [6.07, 6.45) is -0.0605. The fourth-order valence-electron chi connectivity index (χ4n) is 2.01. The zero-order valence-corrected chi connectivity index (χ0v) is 11.8. The Hall–Kier alpha value is -2.33. The molecule has 0 aromatic heterocycles. The first-order valence-corrected chi connectivity index (χ1v) is 7.01. The molecule has 3 N–H and O–H groups in total. The van der Waals surface area contributed by atoms with Crippen LogP contribution in [0.25, 0.3) is 0 Å². The maximum atomic E-state index is 11.6. The Morgan fingerprint density at radius 2 is 1.48 bits per heavy atom. The van der Waals surface area contributed by atoms with E-state index in [2.05, 4.69) is 10.6 Å². The fourth-order valence-corrected chi connectivity index (χ4v) is 2.01. The molecule has 0 heterocycles. The predicted molar refractivity (Wildman–Crippen MR) is 82.8 cm³/mol. The van der Waals surface area contributed by atoms with Crippen molar-refractivity contribution in [3.8, 4) is 0 Å². The second kappa shape index (κ2) is 8.07. The van der Waals surface area contributed by atoms with E-state index >= 15 is 0 Å². The second-order valence-corrected chi connectivity index (χ2v) is 4.89. The molecule has 0 aliphatic heterocycles. The highest BCUT2D eigenvalue weighted by atomic mass is 16.3. The van der Waals surface area contributed by atoms with Crippen molar-refractivity contribution < 1.29 is 9.90 Å². The van der Waals surface area contributed by atoms with Crippen LogP contribution in [0.2, 0.25) is 0 Å². The molecule has 2 amide bonds. The lowest BCUT2D eigenvalue weighted by atomic mass is 10.1. The fraction of sp³-hybridized carbons (Fsp3) is 0.235. The van der Waals surface area contributed by atoms with E-state index in [1.54, 1.807) is 0 Å². The number of aliphatic hydroxyl groups is 1.